The minimum atomic E-state index is -0.484. The van der Waals surface area contributed by atoms with Crippen LogP contribution in [0.5, 0.6) is 0 Å². The van der Waals surface area contributed by atoms with Crippen molar-refractivity contribution in [2.75, 3.05) is 5.32 Å². The Labute approximate surface area is 153 Å². The number of aromatic nitrogens is 2. The number of amides is 1. The summed E-state index contributed by atoms with van der Waals surface area (Å²) in [4.78, 5) is 37.0. The van der Waals surface area contributed by atoms with Gasteiger partial charge in [0.2, 0.25) is 5.91 Å². The molecule has 0 unspecified atom stereocenters. The number of para-hydroxylation sites is 2. The van der Waals surface area contributed by atoms with E-state index in [1.807, 2.05) is 0 Å². The summed E-state index contributed by atoms with van der Waals surface area (Å²) in [7, 11) is 0. The van der Waals surface area contributed by atoms with Gasteiger partial charge in [-0.2, -0.15) is 0 Å². The Kier molecular flexibility index (Phi) is 4.98. The number of nitro benzene ring substituents is 1. The Balaban J connectivity index is 1.79. The van der Waals surface area contributed by atoms with Gasteiger partial charge in [-0.15, -0.1) is 0 Å². The predicted molar refractivity (Wildman–Crippen MR) is 102 cm³/mol. The number of imidazole rings is 1. The molecule has 1 aromatic heterocycles. The standard InChI is InChI=1S/C19H16N4O4/c1-13-12-20-19(25)22(13)17-5-3-2-4-16(17)21-18(24)11-8-14-6-9-15(10-7-14)23(26)27/h2-12H,1H3,(H,20,25)(H,21,24)/b11-8+. The highest BCUT2D eigenvalue weighted by Crippen LogP contribution is 2.20. The zero-order chi connectivity index (χ0) is 19.4. The Morgan fingerprint density at radius 1 is 1.19 bits per heavy atom. The summed E-state index contributed by atoms with van der Waals surface area (Å²) in [5.74, 6) is -0.387. The number of carbonyl (C=O) groups excluding carboxylic acids is 1. The SMILES string of the molecule is Cc1c[nH]c(=O)n1-c1ccccc1NC(=O)/C=C/c1ccc([N+](=O)[O-])cc1. The van der Waals surface area contributed by atoms with Crippen molar-refractivity contribution < 1.29 is 9.72 Å². The van der Waals surface area contributed by atoms with Crippen LogP contribution in [0.25, 0.3) is 11.8 Å². The molecule has 8 nitrogen and oxygen atoms in total. The predicted octanol–water partition coefficient (Wildman–Crippen LogP) is 3.03. The molecule has 0 aliphatic heterocycles. The van der Waals surface area contributed by atoms with Gasteiger partial charge in [-0.1, -0.05) is 12.1 Å². The average molecular weight is 364 g/mol. The number of anilines is 1. The highest BCUT2D eigenvalue weighted by atomic mass is 16.6. The van der Waals surface area contributed by atoms with Crippen molar-refractivity contribution in [3.8, 4) is 5.69 Å². The van der Waals surface area contributed by atoms with Crippen LogP contribution in [0.2, 0.25) is 0 Å². The number of hydrogen-bond donors (Lipinski definition) is 2. The van der Waals surface area contributed by atoms with Crippen molar-refractivity contribution >= 4 is 23.4 Å². The normalized spacial score (nSPS) is 10.9. The van der Waals surface area contributed by atoms with Gasteiger partial charge >= 0.3 is 5.69 Å². The fraction of sp³-hybridized carbons (Fsp3) is 0.0526. The molecule has 0 saturated heterocycles. The van der Waals surface area contributed by atoms with Crippen LogP contribution in [0, 0.1) is 17.0 Å². The molecule has 27 heavy (non-hydrogen) atoms. The third-order valence-corrected chi connectivity index (χ3v) is 3.89. The van der Waals surface area contributed by atoms with Crippen molar-refractivity contribution in [1.82, 2.24) is 9.55 Å². The van der Waals surface area contributed by atoms with Gasteiger partial charge in [0.05, 0.1) is 16.3 Å². The minimum absolute atomic E-state index is 0.0159. The van der Waals surface area contributed by atoms with Crippen molar-refractivity contribution in [3.63, 3.8) is 0 Å². The molecule has 3 rings (SSSR count). The summed E-state index contributed by atoms with van der Waals surface area (Å²) in [6, 6.07) is 12.8. The van der Waals surface area contributed by atoms with E-state index < -0.39 is 4.92 Å². The maximum absolute atomic E-state index is 12.3. The molecular formula is C19H16N4O4. The van der Waals surface area contributed by atoms with E-state index in [4.69, 9.17) is 0 Å². The van der Waals surface area contributed by atoms with Gasteiger partial charge in [0.1, 0.15) is 0 Å². The van der Waals surface area contributed by atoms with Gasteiger partial charge in [0.15, 0.2) is 0 Å². The third-order valence-electron chi connectivity index (χ3n) is 3.89. The summed E-state index contributed by atoms with van der Waals surface area (Å²) in [6.45, 7) is 1.78. The number of H-pyrrole nitrogens is 1. The first-order chi connectivity index (χ1) is 13.0. The van der Waals surface area contributed by atoms with Crippen LogP contribution in [0.1, 0.15) is 11.3 Å². The quantitative estimate of drug-likeness (QED) is 0.412. The van der Waals surface area contributed by atoms with E-state index in [1.54, 1.807) is 55.6 Å². The van der Waals surface area contributed by atoms with Crippen LogP contribution < -0.4 is 11.0 Å². The molecule has 0 fully saturated rings. The Morgan fingerprint density at radius 2 is 1.89 bits per heavy atom. The number of nitro groups is 1. The van der Waals surface area contributed by atoms with Crippen LogP contribution in [0.3, 0.4) is 0 Å². The molecular weight excluding hydrogens is 348 g/mol. The summed E-state index contributed by atoms with van der Waals surface area (Å²) in [6.07, 6.45) is 4.47. The largest absolute Gasteiger partial charge is 0.330 e. The highest BCUT2D eigenvalue weighted by molar-refractivity contribution is 6.03. The number of hydrogen-bond acceptors (Lipinski definition) is 4. The molecule has 3 aromatic rings. The number of benzene rings is 2. The second kappa shape index (κ2) is 7.52. The van der Waals surface area contributed by atoms with E-state index >= 15 is 0 Å². The zero-order valence-electron chi connectivity index (χ0n) is 14.4. The van der Waals surface area contributed by atoms with Gasteiger partial charge in [-0.3, -0.25) is 19.5 Å². The fourth-order valence-electron chi connectivity index (χ4n) is 2.58. The summed E-state index contributed by atoms with van der Waals surface area (Å²) in [5, 5.41) is 13.4. The van der Waals surface area contributed by atoms with Gasteiger partial charge in [0.25, 0.3) is 5.69 Å². The molecule has 1 amide bonds. The van der Waals surface area contributed by atoms with Gasteiger partial charge in [-0.05, 0) is 42.8 Å². The van der Waals surface area contributed by atoms with Crippen molar-refractivity contribution in [1.29, 1.82) is 0 Å². The lowest BCUT2D eigenvalue weighted by Gasteiger charge is -2.11. The van der Waals surface area contributed by atoms with E-state index in [-0.39, 0.29) is 17.3 Å². The Hall–Kier alpha value is -3.94. The number of nitrogens with one attached hydrogen (secondary N) is 2. The second-order valence-corrected chi connectivity index (χ2v) is 5.76. The summed E-state index contributed by atoms with van der Waals surface area (Å²) in [5.41, 5.74) is 2.09. The van der Waals surface area contributed by atoms with E-state index in [0.29, 0.717) is 22.6 Å². The number of rotatable bonds is 5. The summed E-state index contributed by atoms with van der Waals surface area (Å²) >= 11 is 0. The smallest absolute Gasteiger partial charge is 0.321 e. The molecule has 1 heterocycles. The third kappa shape index (κ3) is 4.01. The lowest BCUT2D eigenvalue weighted by Crippen LogP contribution is -2.18. The topological polar surface area (TPSA) is 110 Å². The molecule has 0 aliphatic rings. The molecule has 8 heteroatoms. The molecule has 0 radical (unpaired) electrons. The number of nitrogens with zero attached hydrogens (tertiary/aromatic N) is 2. The van der Waals surface area contributed by atoms with Gasteiger partial charge < -0.3 is 10.3 Å². The first kappa shape index (κ1) is 17.9. The van der Waals surface area contributed by atoms with Crippen LogP contribution in [-0.2, 0) is 4.79 Å². The van der Waals surface area contributed by atoms with Crippen molar-refractivity contribution in [3.05, 3.63) is 92.7 Å². The first-order valence-corrected chi connectivity index (χ1v) is 8.05. The number of carbonyl (C=O) groups is 1. The second-order valence-electron chi connectivity index (χ2n) is 5.76. The van der Waals surface area contributed by atoms with Crippen LogP contribution >= 0.6 is 0 Å². The number of non-ortho nitro benzene ring substituents is 1. The Bertz CT molecular complexity index is 1080. The zero-order valence-corrected chi connectivity index (χ0v) is 14.4. The highest BCUT2D eigenvalue weighted by Gasteiger charge is 2.11. The molecule has 0 spiro atoms. The van der Waals surface area contributed by atoms with E-state index in [0.717, 1.165) is 0 Å². The number of aryl methyl sites for hydroxylation is 1. The van der Waals surface area contributed by atoms with E-state index in [1.165, 1.54) is 22.8 Å². The lowest BCUT2D eigenvalue weighted by molar-refractivity contribution is -0.384. The molecule has 136 valence electrons. The molecule has 2 aromatic carbocycles. The first-order valence-electron chi connectivity index (χ1n) is 8.05. The van der Waals surface area contributed by atoms with Gasteiger partial charge in [0, 0.05) is 30.1 Å². The molecule has 0 saturated carbocycles. The van der Waals surface area contributed by atoms with Crippen LogP contribution in [-0.4, -0.2) is 20.4 Å². The number of aromatic amines is 1. The molecule has 0 aliphatic carbocycles. The molecule has 0 atom stereocenters. The monoisotopic (exact) mass is 364 g/mol. The van der Waals surface area contributed by atoms with E-state index in [2.05, 4.69) is 10.3 Å². The van der Waals surface area contributed by atoms with Crippen LogP contribution in [0.15, 0.2) is 65.6 Å². The maximum atomic E-state index is 12.3. The lowest BCUT2D eigenvalue weighted by atomic mass is 10.2. The Morgan fingerprint density at radius 3 is 2.52 bits per heavy atom. The van der Waals surface area contributed by atoms with Gasteiger partial charge in [-0.25, -0.2) is 4.79 Å². The van der Waals surface area contributed by atoms with Crippen molar-refractivity contribution in [2.24, 2.45) is 0 Å². The summed E-state index contributed by atoms with van der Waals surface area (Å²) < 4.78 is 1.47. The van der Waals surface area contributed by atoms with E-state index in [9.17, 15) is 19.7 Å². The molecule has 2 N–H and O–H groups in total. The van der Waals surface area contributed by atoms with Crippen LogP contribution in [0.4, 0.5) is 11.4 Å². The fourth-order valence-corrected chi connectivity index (χ4v) is 2.58. The average Bonchev–Trinajstić information content (AvgIpc) is 2.99. The minimum Gasteiger partial charge on any atom is -0.321 e. The van der Waals surface area contributed by atoms with Crippen molar-refractivity contribution in [2.45, 2.75) is 6.92 Å². The molecule has 0 bridgehead atoms. The maximum Gasteiger partial charge on any atom is 0.330 e.